The molecule has 0 atom stereocenters. The molecule has 230 valence electrons. The minimum Gasteiger partial charge on any atom is -0.443 e. The van der Waals surface area contributed by atoms with E-state index in [2.05, 4.69) is 15.1 Å². The molecule has 0 N–H and O–H groups in total. The van der Waals surface area contributed by atoms with Crippen molar-refractivity contribution in [2.45, 2.75) is 59.7 Å². The molecule has 2 heterocycles. The lowest BCUT2D eigenvalue weighted by Crippen LogP contribution is -2.44. The fraction of sp³-hybridized carbons (Fsp3) is 0.290. The lowest BCUT2D eigenvalue weighted by molar-refractivity contribution is -0.116. The van der Waals surface area contributed by atoms with Gasteiger partial charge in [-0.15, -0.1) is 0 Å². The van der Waals surface area contributed by atoms with E-state index in [1.807, 2.05) is 0 Å². The van der Waals surface area contributed by atoms with Gasteiger partial charge in [0.25, 0.3) is 0 Å². The largest absolute Gasteiger partial charge is 0.443 e. The third kappa shape index (κ3) is 7.53. The number of hydrogen-bond acceptors (Lipinski definition) is 9. The highest BCUT2D eigenvalue weighted by molar-refractivity contribution is 6.34. The SMILES string of the molecule is CC(=O)N(c1ccccc1Cl)c1onc(-c2ccc(Cl)cc2)c1-c1nccc(N(C(=O)OC(C)(C)C)C(=O)OC(C)(C)C)n1. The van der Waals surface area contributed by atoms with Crippen LogP contribution in [0, 0.1) is 0 Å². The van der Waals surface area contributed by atoms with Gasteiger partial charge in [-0.05, 0) is 65.8 Å². The first-order valence-corrected chi connectivity index (χ1v) is 14.2. The van der Waals surface area contributed by atoms with Crippen molar-refractivity contribution in [3.8, 4) is 22.6 Å². The highest BCUT2D eigenvalue weighted by atomic mass is 35.5. The van der Waals surface area contributed by atoms with E-state index in [9.17, 15) is 14.4 Å². The van der Waals surface area contributed by atoms with Crippen molar-refractivity contribution in [3.05, 3.63) is 70.8 Å². The van der Waals surface area contributed by atoms with Crippen molar-refractivity contribution < 1.29 is 28.4 Å². The average Bonchev–Trinajstić information content (AvgIpc) is 3.33. The fourth-order valence-electron chi connectivity index (χ4n) is 3.97. The summed E-state index contributed by atoms with van der Waals surface area (Å²) in [6.45, 7) is 11.3. The second-order valence-corrected chi connectivity index (χ2v) is 12.4. The van der Waals surface area contributed by atoms with Crippen LogP contribution in [-0.4, -0.2) is 44.4 Å². The molecule has 11 nitrogen and oxygen atoms in total. The molecule has 0 aliphatic carbocycles. The summed E-state index contributed by atoms with van der Waals surface area (Å²) >= 11 is 12.6. The van der Waals surface area contributed by atoms with Crippen molar-refractivity contribution in [2.24, 2.45) is 0 Å². The summed E-state index contributed by atoms with van der Waals surface area (Å²) in [6.07, 6.45) is -0.683. The number of ether oxygens (including phenoxy) is 2. The smallest absolute Gasteiger partial charge is 0.425 e. The Morgan fingerprint density at radius 3 is 1.98 bits per heavy atom. The summed E-state index contributed by atoms with van der Waals surface area (Å²) in [5, 5.41) is 5.02. The third-order valence-electron chi connectivity index (χ3n) is 5.65. The summed E-state index contributed by atoms with van der Waals surface area (Å²) in [6, 6.07) is 14.8. The second-order valence-electron chi connectivity index (χ2n) is 11.6. The third-order valence-corrected chi connectivity index (χ3v) is 6.22. The molecule has 4 rings (SSSR count). The molecule has 0 aliphatic heterocycles. The first-order chi connectivity index (χ1) is 20.6. The van der Waals surface area contributed by atoms with Gasteiger partial charge in [-0.2, -0.15) is 4.90 Å². The number of amides is 3. The van der Waals surface area contributed by atoms with Crippen LogP contribution in [0.25, 0.3) is 22.6 Å². The van der Waals surface area contributed by atoms with Crippen LogP contribution in [0.4, 0.5) is 27.0 Å². The number of rotatable bonds is 5. The van der Waals surface area contributed by atoms with E-state index in [1.54, 1.807) is 90.1 Å². The average molecular weight is 641 g/mol. The van der Waals surface area contributed by atoms with E-state index in [0.29, 0.717) is 21.2 Å². The van der Waals surface area contributed by atoms with Gasteiger partial charge in [-0.25, -0.2) is 24.5 Å². The lowest BCUT2D eigenvalue weighted by atomic mass is 10.1. The Bertz CT molecular complexity index is 1660. The summed E-state index contributed by atoms with van der Waals surface area (Å²) in [5.41, 5.74) is -0.554. The normalized spacial score (nSPS) is 11.6. The highest BCUT2D eigenvalue weighted by Crippen LogP contribution is 2.43. The molecule has 4 aromatic rings. The van der Waals surface area contributed by atoms with Crippen LogP contribution in [0.1, 0.15) is 48.5 Å². The number of imide groups is 1. The quantitative estimate of drug-likeness (QED) is 0.211. The van der Waals surface area contributed by atoms with E-state index < -0.39 is 29.3 Å². The Balaban J connectivity index is 1.96. The maximum Gasteiger partial charge on any atom is 0.425 e. The number of hydrogen-bond donors (Lipinski definition) is 0. The van der Waals surface area contributed by atoms with Crippen molar-refractivity contribution in [1.29, 1.82) is 0 Å². The van der Waals surface area contributed by atoms with Gasteiger partial charge < -0.3 is 14.0 Å². The van der Waals surface area contributed by atoms with Crippen LogP contribution < -0.4 is 9.80 Å². The molecule has 3 amide bonds. The summed E-state index contributed by atoms with van der Waals surface area (Å²) in [7, 11) is 0. The van der Waals surface area contributed by atoms with Crippen molar-refractivity contribution >= 4 is 58.7 Å². The fourth-order valence-corrected chi connectivity index (χ4v) is 4.31. The predicted octanol–water partition coefficient (Wildman–Crippen LogP) is 8.47. The van der Waals surface area contributed by atoms with Crippen LogP contribution in [-0.2, 0) is 14.3 Å². The molecule has 0 radical (unpaired) electrons. The first-order valence-electron chi connectivity index (χ1n) is 13.5. The zero-order chi connectivity index (χ0) is 32.4. The predicted molar refractivity (Wildman–Crippen MR) is 167 cm³/mol. The summed E-state index contributed by atoms with van der Waals surface area (Å²) in [4.78, 5) is 50.6. The second kappa shape index (κ2) is 12.6. The number of aromatic nitrogens is 3. The molecular formula is C31H31Cl2N5O6. The van der Waals surface area contributed by atoms with E-state index in [-0.39, 0.29) is 33.8 Å². The topological polar surface area (TPSA) is 128 Å². The minimum absolute atomic E-state index is 0.0286. The molecule has 0 saturated heterocycles. The molecule has 2 aromatic carbocycles. The number of nitrogens with zero attached hydrogens (tertiary/aromatic N) is 5. The van der Waals surface area contributed by atoms with E-state index in [4.69, 9.17) is 37.2 Å². The van der Waals surface area contributed by atoms with Gasteiger partial charge in [0.1, 0.15) is 22.5 Å². The Hall–Kier alpha value is -4.48. The van der Waals surface area contributed by atoms with Crippen LogP contribution in [0.5, 0.6) is 0 Å². The summed E-state index contributed by atoms with van der Waals surface area (Å²) in [5.74, 6) is -0.675. The van der Waals surface area contributed by atoms with Gasteiger partial charge in [0, 0.05) is 29.8 Å². The molecule has 13 heteroatoms. The van der Waals surface area contributed by atoms with Crippen molar-refractivity contribution in [3.63, 3.8) is 0 Å². The molecule has 0 spiro atoms. The van der Waals surface area contributed by atoms with Crippen molar-refractivity contribution in [1.82, 2.24) is 15.1 Å². The number of benzene rings is 2. The van der Waals surface area contributed by atoms with Gasteiger partial charge in [0.15, 0.2) is 11.6 Å². The maximum absolute atomic E-state index is 13.3. The van der Waals surface area contributed by atoms with Gasteiger partial charge in [-0.3, -0.25) is 4.79 Å². The van der Waals surface area contributed by atoms with E-state index in [1.165, 1.54) is 24.1 Å². The number of anilines is 3. The van der Waals surface area contributed by atoms with Gasteiger partial charge in [0.2, 0.25) is 11.8 Å². The van der Waals surface area contributed by atoms with E-state index in [0.717, 1.165) is 0 Å². The molecule has 0 saturated carbocycles. The Morgan fingerprint density at radius 1 is 0.841 bits per heavy atom. The standard InChI is InChI=1S/C31H31Cl2N5O6/c1-18(39)37(22-11-9-8-10-21(22)33)27-24(25(36-44-27)19-12-14-20(32)15-13-19)26-34-17-16-23(35-26)38(28(40)42-30(2,3)4)29(41)43-31(5,6)7/h8-17H,1-7H3. The molecule has 0 unspecified atom stereocenters. The number of para-hydroxylation sites is 1. The number of carbonyl (C=O) groups excluding carboxylic acids is 3. The molecule has 2 aromatic heterocycles. The van der Waals surface area contributed by atoms with Gasteiger partial charge >= 0.3 is 12.2 Å². The Labute approximate surface area is 264 Å². The monoisotopic (exact) mass is 639 g/mol. The number of halogens is 2. The van der Waals surface area contributed by atoms with Crippen LogP contribution in [0.15, 0.2) is 65.3 Å². The molecular weight excluding hydrogens is 609 g/mol. The van der Waals surface area contributed by atoms with Crippen molar-refractivity contribution in [2.75, 3.05) is 9.80 Å². The lowest BCUT2D eigenvalue weighted by Gasteiger charge is -2.28. The van der Waals surface area contributed by atoms with Gasteiger partial charge in [-0.1, -0.05) is 52.6 Å². The molecule has 0 bridgehead atoms. The zero-order valence-corrected chi connectivity index (χ0v) is 26.7. The van der Waals surface area contributed by atoms with Crippen LogP contribution in [0.2, 0.25) is 10.0 Å². The molecule has 0 aliphatic rings. The van der Waals surface area contributed by atoms with Crippen LogP contribution >= 0.6 is 23.2 Å². The minimum atomic E-state index is -1.01. The molecule has 0 fully saturated rings. The maximum atomic E-state index is 13.3. The Morgan fingerprint density at radius 2 is 1.43 bits per heavy atom. The van der Waals surface area contributed by atoms with Crippen LogP contribution in [0.3, 0.4) is 0 Å². The molecule has 44 heavy (non-hydrogen) atoms. The van der Waals surface area contributed by atoms with Gasteiger partial charge in [0.05, 0.1) is 10.7 Å². The zero-order valence-electron chi connectivity index (χ0n) is 25.2. The summed E-state index contributed by atoms with van der Waals surface area (Å²) < 4.78 is 16.8. The van der Waals surface area contributed by atoms with E-state index >= 15 is 0 Å². The Kier molecular flexibility index (Phi) is 9.31. The number of carbonyl (C=O) groups is 3. The first kappa shape index (κ1) is 32.4. The highest BCUT2D eigenvalue weighted by Gasteiger charge is 2.35.